The molecule has 2 aromatic rings. The van der Waals surface area contributed by atoms with E-state index in [1.54, 1.807) is 6.20 Å². The number of aromatic amines is 1. The minimum Gasteiger partial charge on any atom is -0.369 e. The van der Waals surface area contributed by atoms with Crippen molar-refractivity contribution in [3.05, 3.63) is 6.20 Å². The lowest BCUT2D eigenvalue weighted by molar-refractivity contribution is 0.593. The van der Waals surface area contributed by atoms with Crippen LogP contribution < -0.4 is 10.6 Å². The van der Waals surface area contributed by atoms with Crippen molar-refractivity contribution in [2.75, 3.05) is 23.7 Å². The summed E-state index contributed by atoms with van der Waals surface area (Å²) in [5, 5.41) is 14.3. The molecule has 98 valence electrons. The van der Waals surface area contributed by atoms with Crippen LogP contribution in [-0.4, -0.2) is 33.3 Å². The first-order chi connectivity index (χ1) is 8.74. The Morgan fingerprint density at radius 1 is 1.28 bits per heavy atom. The molecule has 2 rings (SSSR count). The van der Waals surface area contributed by atoms with Crippen LogP contribution in [0, 0.1) is 5.92 Å². The summed E-state index contributed by atoms with van der Waals surface area (Å²) >= 11 is 0. The predicted octanol–water partition coefficient (Wildman–Crippen LogP) is 2.24. The third kappa shape index (κ3) is 2.69. The quantitative estimate of drug-likeness (QED) is 0.730. The Morgan fingerprint density at radius 3 is 2.83 bits per heavy atom. The van der Waals surface area contributed by atoms with Crippen LogP contribution in [0.25, 0.3) is 11.0 Å². The fourth-order valence-corrected chi connectivity index (χ4v) is 1.62. The minimum absolute atomic E-state index is 0.615. The molecule has 18 heavy (non-hydrogen) atoms. The van der Waals surface area contributed by atoms with E-state index in [0.29, 0.717) is 11.9 Å². The van der Waals surface area contributed by atoms with E-state index in [4.69, 9.17) is 0 Å². The molecule has 1 unspecified atom stereocenters. The lowest BCUT2D eigenvalue weighted by atomic mass is 10.1. The zero-order valence-corrected chi connectivity index (χ0v) is 11.1. The molecular formula is C12H20N6. The van der Waals surface area contributed by atoms with Crippen molar-refractivity contribution in [3.8, 4) is 0 Å². The van der Waals surface area contributed by atoms with Crippen LogP contribution in [0.5, 0.6) is 0 Å². The Bertz CT molecular complexity index is 506. The number of hydrogen-bond donors (Lipinski definition) is 3. The van der Waals surface area contributed by atoms with E-state index in [-0.39, 0.29) is 0 Å². The molecule has 0 amide bonds. The van der Waals surface area contributed by atoms with Gasteiger partial charge in [0.15, 0.2) is 5.65 Å². The summed E-state index contributed by atoms with van der Waals surface area (Å²) in [5.74, 6) is 2.08. The molecule has 0 fully saturated rings. The molecule has 0 aliphatic carbocycles. The summed E-state index contributed by atoms with van der Waals surface area (Å²) < 4.78 is 0. The summed E-state index contributed by atoms with van der Waals surface area (Å²) in [6.45, 7) is 8.12. The molecule has 2 aromatic heterocycles. The zero-order chi connectivity index (χ0) is 13.0. The van der Waals surface area contributed by atoms with Gasteiger partial charge >= 0.3 is 0 Å². The van der Waals surface area contributed by atoms with E-state index in [0.717, 1.165) is 36.4 Å². The molecular weight excluding hydrogens is 228 g/mol. The van der Waals surface area contributed by atoms with E-state index in [1.807, 2.05) is 6.92 Å². The lowest BCUT2D eigenvalue weighted by Gasteiger charge is -2.12. The van der Waals surface area contributed by atoms with Gasteiger partial charge in [-0.15, -0.1) is 0 Å². The van der Waals surface area contributed by atoms with Crippen molar-refractivity contribution >= 4 is 22.8 Å². The maximum atomic E-state index is 4.48. The Labute approximate surface area is 107 Å². The Hall–Kier alpha value is -1.85. The number of rotatable bonds is 6. The smallest absolute Gasteiger partial charge is 0.226 e. The molecule has 0 spiro atoms. The second-order valence-electron chi connectivity index (χ2n) is 4.45. The molecule has 1 atom stereocenters. The lowest BCUT2D eigenvalue weighted by Crippen LogP contribution is -2.13. The highest BCUT2D eigenvalue weighted by Crippen LogP contribution is 2.20. The average molecular weight is 248 g/mol. The second-order valence-corrected chi connectivity index (χ2v) is 4.45. The van der Waals surface area contributed by atoms with Gasteiger partial charge in [-0.25, -0.2) is 0 Å². The predicted molar refractivity (Wildman–Crippen MR) is 73.8 cm³/mol. The molecule has 6 heteroatoms. The van der Waals surface area contributed by atoms with Crippen LogP contribution in [0.4, 0.5) is 11.8 Å². The maximum Gasteiger partial charge on any atom is 0.226 e. The van der Waals surface area contributed by atoms with Gasteiger partial charge in [0.05, 0.1) is 11.6 Å². The van der Waals surface area contributed by atoms with E-state index >= 15 is 0 Å². The van der Waals surface area contributed by atoms with Crippen molar-refractivity contribution in [3.63, 3.8) is 0 Å². The molecule has 0 aliphatic rings. The van der Waals surface area contributed by atoms with Crippen LogP contribution in [0.3, 0.4) is 0 Å². The number of nitrogens with one attached hydrogen (secondary N) is 3. The van der Waals surface area contributed by atoms with Gasteiger partial charge in [-0.2, -0.15) is 15.1 Å². The van der Waals surface area contributed by atoms with Gasteiger partial charge in [0.2, 0.25) is 5.95 Å². The van der Waals surface area contributed by atoms with Crippen LogP contribution in [0.1, 0.15) is 27.2 Å². The number of aromatic nitrogens is 4. The Morgan fingerprint density at radius 2 is 2.11 bits per heavy atom. The normalized spacial score (nSPS) is 12.6. The van der Waals surface area contributed by atoms with Gasteiger partial charge in [0.1, 0.15) is 5.82 Å². The third-order valence-corrected chi connectivity index (χ3v) is 2.96. The molecule has 0 aromatic carbocycles. The first-order valence-corrected chi connectivity index (χ1v) is 6.43. The van der Waals surface area contributed by atoms with Crippen LogP contribution in [0.2, 0.25) is 0 Å². The number of nitrogens with zero attached hydrogens (tertiary/aromatic N) is 3. The zero-order valence-electron chi connectivity index (χ0n) is 11.1. The molecule has 2 heterocycles. The highest BCUT2D eigenvalue weighted by atomic mass is 15.2. The minimum atomic E-state index is 0.615. The summed E-state index contributed by atoms with van der Waals surface area (Å²) in [6.07, 6.45) is 2.90. The summed E-state index contributed by atoms with van der Waals surface area (Å²) in [6, 6.07) is 0. The SMILES string of the molecule is CCNc1nc(NCC(C)CC)c2cn[nH]c2n1. The van der Waals surface area contributed by atoms with Crippen LogP contribution >= 0.6 is 0 Å². The number of hydrogen-bond acceptors (Lipinski definition) is 5. The summed E-state index contributed by atoms with van der Waals surface area (Å²) in [5.41, 5.74) is 0.757. The van der Waals surface area contributed by atoms with Crippen LogP contribution in [0.15, 0.2) is 6.20 Å². The number of anilines is 2. The Balaban J connectivity index is 2.25. The summed E-state index contributed by atoms with van der Waals surface area (Å²) in [7, 11) is 0. The van der Waals surface area contributed by atoms with E-state index in [9.17, 15) is 0 Å². The highest BCUT2D eigenvalue weighted by molar-refractivity contribution is 5.86. The van der Waals surface area contributed by atoms with Gasteiger partial charge in [0, 0.05) is 13.1 Å². The average Bonchev–Trinajstić information content (AvgIpc) is 2.84. The van der Waals surface area contributed by atoms with Gasteiger partial charge in [-0.3, -0.25) is 5.10 Å². The van der Waals surface area contributed by atoms with Crippen molar-refractivity contribution in [1.29, 1.82) is 0 Å². The van der Waals surface area contributed by atoms with Crippen LogP contribution in [-0.2, 0) is 0 Å². The number of H-pyrrole nitrogens is 1. The first kappa shape index (κ1) is 12.6. The van der Waals surface area contributed by atoms with Crippen molar-refractivity contribution in [2.24, 2.45) is 5.92 Å². The molecule has 0 saturated heterocycles. The molecule has 6 nitrogen and oxygen atoms in total. The highest BCUT2D eigenvalue weighted by Gasteiger charge is 2.09. The largest absolute Gasteiger partial charge is 0.369 e. The first-order valence-electron chi connectivity index (χ1n) is 6.43. The fourth-order valence-electron chi connectivity index (χ4n) is 1.62. The third-order valence-electron chi connectivity index (χ3n) is 2.96. The Kier molecular flexibility index (Phi) is 3.96. The maximum absolute atomic E-state index is 4.48. The van der Waals surface area contributed by atoms with Gasteiger partial charge < -0.3 is 10.6 Å². The van der Waals surface area contributed by atoms with E-state index < -0.39 is 0 Å². The standard InChI is InChI=1S/C12H20N6/c1-4-8(3)6-14-10-9-7-15-18-11(9)17-12(16-10)13-5-2/h7-8H,4-6H2,1-3H3,(H3,13,14,15,16,17,18). The van der Waals surface area contributed by atoms with E-state index in [1.165, 1.54) is 0 Å². The summed E-state index contributed by atoms with van der Waals surface area (Å²) in [4.78, 5) is 8.83. The molecule has 0 aliphatic heterocycles. The van der Waals surface area contributed by atoms with Crippen molar-refractivity contribution < 1.29 is 0 Å². The second kappa shape index (κ2) is 5.66. The monoisotopic (exact) mass is 248 g/mol. The van der Waals surface area contributed by atoms with Gasteiger partial charge in [-0.05, 0) is 12.8 Å². The topological polar surface area (TPSA) is 78.5 Å². The van der Waals surface area contributed by atoms with E-state index in [2.05, 4.69) is 44.6 Å². The fraction of sp³-hybridized carbons (Fsp3) is 0.583. The number of fused-ring (bicyclic) bond motifs is 1. The molecule has 0 saturated carbocycles. The van der Waals surface area contributed by atoms with Gasteiger partial charge in [-0.1, -0.05) is 20.3 Å². The van der Waals surface area contributed by atoms with Gasteiger partial charge in [0.25, 0.3) is 0 Å². The molecule has 0 radical (unpaired) electrons. The molecule has 0 bridgehead atoms. The van der Waals surface area contributed by atoms with Crippen molar-refractivity contribution in [2.45, 2.75) is 27.2 Å². The molecule has 3 N–H and O–H groups in total. The van der Waals surface area contributed by atoms with Crippen molar-refractivity contribution in [1.82, 2.24) is 20.2 Å².